The second-order valence-corrected chi connectivity index (χ2v) is 9.24. The third-order valence-electron chi connectivity index (χ3n) is 4.22. The summed E-state index contributed by atoms with van der Waals surface area (Å²) in [5, 5.41) is 6.23. The molecule has 0 aliphatic carbocycles. The van der Waals surface area contributed by atoms with Crippen LogP contribution < -0.4 is 10.6 Å². The van der Waals surface area contributed by atoms with Crippen LogP contribution in [0.25, 0.3) is 0 Å². The average Bonchev–Trinajstić information content (AvgIpc) is 3.20. The summed E-state index contributed by atoms with van der Waals surface area (Å²) in [5.41, 5.74) is 0. The van der Waals surface area contributed by atoms with Crippen molar-refractivity contribution in [3.8, 4) is 0 Å². The quantitative estimate of drug-likeness (QED) is 0.689. The van der Waals surface area contributed by atoms with E-state index in [-0.39, 0.29) is 5.91 Å². The van der Waals surface area contributed by atoms with Crippen molar-refractivity contribution >= 4 is 27.3 Å². The maximum Gasteiger partial charge on any atom is 0.252 e. The van der Waals surface area contributed by atoms with Crippen molar-refractivity contribution in [3.05, 3.63) is 17.0 Å². The molecule has 1 aliphatic rings. The number of nitrogens with one attached hydrogen (secondary N) is 2. The van der Waals surface area contributed by atoms with Gasteiger partial charge in [-0.2, -0.15) is 4.31 Å². The Labute approximate surface area is 148 Å². The molecule has 2 heterocycles. The summed E-state index contributed by atoms with van der Waals surface area (Å²) in [6.07, 6.45) is 3.37. The summed E-state index contributed by atoms with van der Waals surface area (Å²) >= 11 is 1.29. The van der Waals surface area contributed by atoms with Gasteiger partial charge >= 0.3 is 0 Å². The number of carbonyl (C=O) groups excluding carboxylic acids is 1. The van der Waals surface area contributed by atoms with Crippen molar-refractivity contribution in [2.45, 2.75) is 49.8 Å². The molecule has 1 aliphatic heterocycles. The fraction of sp³-hybridized carbons (Fsp3) is 0.688. The minimum Gasteiger partial charge on any atom is -0.356 e. The SMILES string of the molecule is CCN(CC)S(=O)(=O)c1ccc(CCNC(=O)CC2CCCN2)s1. The van der Waals surface area contributed by atoms with E-state index in [0.29, 0.717) is 42.7 Å². The highest BCUT2D eigenvalue weighted by Gasteiger charge is 2.23. The molecule has 24 heavy (non-hydrogen) atoms. The maximum absolute atomic E-state index is 12.4. The number of amides is 1. The highest BCUT2D eigenvalue weighted by Crippen LogP contribution is 2.25. The Bertz CT molecular complexity index is 633. The third-order valence-corrected chi connectivity index (χ3v) is 7.89. The van der Waals surface area contributed by atoms with Crippen molar-refractivity contribution in [1.82, 2.24) is 14.9 Å². The molecule has 1 fully saturated rings. The zero-order valence-electron chi connectivity index (χ0n) is 14.4. The molecule has 0 spiro atoms. The molecule has 6 nitrogen and oxygen atoms in total. The van der Waals surface area contributed by atoms with E-state index in [4.69, 9.17) is 0 Å². The summed E-state index contributed by atoms with van der Waals surface area (Å²) in [5.74, 6) is 0.0574. The van der Waals surface area contributed by atoms with E-state index in [0.717, 1.165) is 24.3 Å². The number of rotatable bonds is 9. The largest absolute Gasteiger partial charge is 0.356 e. The monoisotopic (exact) mass is 373 g/mol. The minimum absolute atomic E-state index is 0.0574. The standard InChI is InChI=1S/C16H27N3O3S2/c1-3-19(4-2)24(21,22)16-8-7-14(23-16)9-11-18-15(20)12-13-6-5-10-17-13/h7-8,13,17H,3-6,9-12H2,1-2H3,(H,18,20). The van der Waals surface area contributed by atoms with Crippen LogP contribution in [0.1, 0.15) is 38.0 Å². The lowest BCUT2D eigenvalue weighted by molar-refractivity contribution is -0.121. The molecule has 0 bridgehead atoms. The fourth-order valence-electron chi connectivity index (χ4n) is 2.87. The third kappa shape index (κ3) is 5.02. The molecule has 0 radical (unpaired) electrons. The van der Waals surface area contributed by atoms with Crippen molar-refractivity contribution in [3.63, 3.8) is 0 Å². The van der Waals surface area contributed by atoms with Crippen LogP contribution in [-0.2, 0) is 21.2 Å². The number of thiophene rings is 1. The lowest BCUT2D eigenvalue weighted by Gasteiger charge is -2.16. The van der Waals surface area contributed by atoms with Crippen LogP contribution in [-0.4, -0.2) is 50.9 Å². The Balaban J connectivity index is 1.82. The normalized spacial score (nSPS) is 18.2. The van der Waals surface area contributed by atoms with E-state index in [1.807, 2.05) is 19.9 Å². The van der Waals surface area contributed by atoms with Crippen LogP contribution in [0, 0.1) is 0 Å². The lowest BCUT2D eigenvalue weighted by Crippen LogP contribution is -2.32. The first-order chi connectivity index (χ1) is 11.5. The number of hydrogen-bond acceptors (Lipinski definition) is 5. The number of carbonyl (C=O) groups is 1. The van der Waals surface area contributed by atoms with Crippen molar-refractivity contribution in [2.24, 2.45) is 0 Å². The molecule has 2 rings (SSSR count). The topological polar surface area (TPSA) is 78.5 Å². The number of hydrogen-bond donors (Lipinski definition) is 2. The van der Waals surface area contributed by atoms with E-state index in [1.54, 1.807) is 6.07 Å². The summed E-state index contributed by atoms with van der Waals surface area (Å²) in [4.78, 5) is 12.8. The Morgan fingerprint density at radius 1 is 1.38 bits per heavy atom. The van der Waals surface area contributed by atoms with Gasteiger partial charge in [-0.15, -0.1) is 11.3 Å². The molecule has 1 unspecified atom stereocenters. The molecule has 1 amide bonds. The predicted molar refractivity (Wildman–Crippen MR) is 96.8 cm³/mol. The zero-order valence-corrected chi connectivity index (χ0v) is 16.0. The van der Waals surface area contributed by atoms with Crippen molar-refractivity contribution < 1.29 is 13.2 Å². The van der Waals surface area contributed by atoms with E-state index >= 15 is 0 Å². The summed E-state index contributed by atoms with van der Waals surface area (Å²) in [7, 11) is -3.38. The van der Waals surface area contributed by atoms with E-state index in [1.165, 1.54) is 15.6 Å². The second-order valence-electron chi connectivity index (χ2n) is 5.91. The lowest BCUT2D eigenvalue weighted by atomic mass is 10.1. The molecule has 8 heteroatoms. The van der Waals surface area contributed by atoms with Gasteiger partial charge in [-0.1, -0.05) is 13.8 Å². The Morgan fingerprint density at radius 2 is 2.12 bits per heavy atom. The Morgan fingerprint density at radius 3 is 2.75 bits per heavy atom. The molecule has 1 saturated heterocycles. The molecule has 1 atom stereocenters. The summed E-state index contributed by atoms with van der Waals surface area (Å²) in [6.45, 7) is 6.15. The van der Waals surface area contributed by atoms with Gasteiger partial charge in [0, 0.05) is 37.0 Å². The van der Waals surface area contributed by atoms with Gasteiger partial charge in [-0.25, -0.2) is 8.42 Å². The molecule has 1 aromatic heterocycles. The highest BCUT2D eigenvalue weighted by atomic mass is 32.2. The molecule has 0 saturated carbocycles. The van der Waals surface area contributed by atoms with Gasteiger partial charge in [0.1, 0.15) is 4.21 Å². The molecular formula is C16H27N3O3S2. The summed E-state index contributed by atoms with van der Waals surface area (Å²) < 4.78 is 26.7. The highest BCUT2D eigenvalue weighted by molar-refractivity contribution is 7.91. The number of nitrogens with zero attached hydrogens (tertiary/aromatic N) is 1. The van der Waals surface area contributed by atoms with Gasteiger partial charge in [0.2, 0.25) is 5.91 Å². The van der Waals surface area contributed by atoms with Crippen LogP contribution in [0.4, 0.5) is 0 Å². The summed E-state index contributed by atoms with van der Waals surface area (Å²) in [6, 6.07) is 3.81. The first-order valence-electron chi connectivity index (χ1n) is 8.56. The Kier molecular flexibility index (Phi) is 7.21. The average molecular weight is 374 g/mol. The van der Waals surface area contributed by atoms with Gasteiger partial charge in [0.25, 0.3) is 10.0 Å². The van der Waals surface area contributed by atoms with Crippen LogP contribution in [0.15, 0.2) is 16.3 Å². The maximum atomic E-state index is 12.4. The van der Waals surface area contributed by atoms with Crippen LogP contribution in [0.2, 0.25) is 0 Å². The molecular weight excluding hydrogens is 346 g/mol. The molecule has 136 valence electrons. The van der Waals surface area contributed by atoms with E-state index < -0.39 is 10.0 Å². The van der Waals surface area contributed by atoms with Crippen LogP contribution >= 0.6 is 11.3 Å². The predicted octanol–water partition coefficient (Wildman–Crippen LogP) is 1.58. The van der Waals surface area contributed by atoms with Crippen LogP contribution in [0.3, 0.4) is 0 Å². The van der Waals surface area contributed by atoms with Gasteiger partial charge in [0.15, 0.2) is 0 Å². The van der Waals surface area contributed by atoms with E-state index in [2.05, 4.69) is 10.6 Å². The molecule has 2 N–H and O–H groups in total. The van der Waals surface area contributed by atoms with Gasteiger partial charge in [-0.05, 0) is 37.9 Å². The molecule has 1 aromatic rings. The van der Waals surface area contributed by atoms with Crippen molar-refractivity contribution in [1.29, 1.82) is 0 Å². The first-order valence-corrected chi connectivity index (χ1v) is 10.8. The van der Waals surface area contributed by atoms with Crippen molar-refractivity contribution in [2.75, 3.05) is 26.2 Å². The minimum atomic E-state index is -3.38. The van der Waals surface area contributed by atoms with Gasteiger partial charge < -0.3 is 10.6 Å². The zero-order chi connectivity index (χ0) is 17.6. The van der Waals surface area contributed by atoms with Gasteiger partial charge in [-0.3, -0.25) is 4.79 Å². The fourth-order valence-corrected chi connectivity index (χ4v) is 5.84. The van der Waals surface area contributed by atoms with Gasteiger partial charge in [0.05, 0.1) is 0 Å². The second kappa shape index (κ2) is 8.94. The first kappa shape index (κ1) is 19.4. The van der Waals surface area contributed by atoms with Crippen LogP contribution in [0.5, 0.6) is 0 Å². The van der Waals surface area contributed by atoms with E-state index in [9.17, 15) is 13.2 Å². The number of sulfonamides is 1. The molecule has 0 aromatic carbocycles. The smallest absolute Gasteiger partial charge is 0.252 e. The Hall–Kier alpha value is -0.960.